The van der Waals surface area contributed by atoms with Gasteiger partial charge >= 0.3 is 0 Å². The summed E-state index contributed by atoms with van der Waals surface area (Å²) in [5.41, 5.74) is 1.10. The molecule has 0 saturated carbocycles. The van der Waals surface area contributed by atoms with Gasteiger partial charge < -0.3 is 16.0 Å². The van der Waals surface area contributed by atoms with Crippen LogP contribution in [0, 0.1) is 16.7 Å². The first kappa shape index (κ1) is 20.3. The Morgan fingerprint density at radius 1 is 1.22 bits per heavy atom. The molecule has 2 aromatic rings. The van der Waals surface area contributed by atoms with E-state index in [9.17, 15) is 4.79 Å². The predicted molar refractivity (Wildman–Crippen MR) is 107 cm³/mol. The van der Waals surface area contributed by atoms with E-state index in [0.29, 0.717) is 29.5 Å². The van der Waals surface area contributed by atoms with Crippen molar-refractivity contribution in [1.82, 2.24) is 15.6 Å². The maximum atomic E-state index is 12.2. The molecule has 0 unspecified atom stereocenters. The van der Waals surface area contributed by atoms with Crippen molar-refractivity contribution in [2.45, 2.75) is 13.8 Å². The van der Waals surface area contributed by atoms with Crippen LogP contribution in [0.1, 0.15) is 24.2 Å². The van der Waals surface area contributed by atoms with Crippen molar-refractivity contribution in [1.29, 1.82) is 5.26 Å². The quantitative estimate of drug-likeness (QED) is 0.606. The zero-order chi connectivity index (χ0) is 19.7. The van der Waals surface area contributed by atoms with Gasteiger partial charge in [-0.1, -0.05) is 25.4 Å². The highest BCUT2D eigenvalue weighted by Crippen LogP contribution is 2.15. The van der Waals surface area contributed by atoms with Crippen molar-refractivity contribution in [3.05, 3.63) is 71.3 Å². The summed E-state index contributed by atoms with van der Waals surface area (Å²) >= 11 is 5.84. The van der Waals surface area contributed by atoms with Crippen LogP contribution in [0.5, 0.6) is 0 Å². The molecule has 0 aliphatic rings. The number of anilines is 1. The number of hydrogen-bond acceptors (Lipinski definition) is 5. The largest absolute Gasteiger partial charge is 0.370 e. The number of halogens is 1. The molecule has 0 bridgehead atoms. The fourth-order valence-electron chi connectivity index (χ4n) is 2.21. The van der Waals surface area contributed by atoms with E-state index >= 15 is 0 Å². The smallest absolute Gasteiger partial charge is 0.251 e. The SMILES string of the molecule is CC(C)(CNC(=O)c1ccc(Cl)cc1)CNC(=CC#N)Nc1cccnc1. The zero-order valence-electron chi connectivity index (χ0n) is 15.3. The topological polar surface area (TPSA) is 89.8 Å². The highest BCUT2D eigenvalue weighted by Gasteiger charge is 2.19. The number of amides is 1. The van der Waals surface area contributed by atoms with Gasteiger partial charge in [-0.3, -0.25) is 9.78 Å². The third-order valence-electron chi connectivity index (χ3n) is 3.74. The molecule has 0 saturated heterocycles. The number of carbonyl (C=O) groups is 1. The average Bonchev–Trinajstić information content (AvgIpc) is 2.66. The second-order valence-corrected chi connectivity index (χ2v) is 7.20. The average molecular weight is 384 g/mol. The minimum atomic E-state index is -0.243. The molecule has 1 heterocycles. The third-order valence-corrected chi connectivity index (χ3v) is 3.99. The number of benzene rings is 1. The Morgan fingerprint density at radius 3 is 2.56 bits per heavy atom. The fraction of sp³-hybridized carbons (Fsp3) is 0.250. The highest BCUT2D eigenvalue weighted by molar-refractivity contribution is 6.30. The summed E-state index contributed by atoms with van der Waals surface area (Å²) < 4.78 is 0. The molecule has 27 heavy (non-hydrogen) atoms. The summed E-state index contributed by atoms with van der Waals surface area (Å²) in [6.07, 6.45) is 4.75. The molecule has 0 fully saturated rings. The number of hydrogen-bond donors (Lipinski definition) is 3. The Morgan fingerprint density at radius 2 is 1.93 bits per heavy atom. The number of nitriles is 1. The van der Waals surface area contributed by atoms with Gasteiger partial charge in [-0.15, -0.1) is 0 Å². The van der Waals surface area contributed by atoms with E-state index < -0.39 is 0 Å². The highest BCUT2D eigenvalue weighted by atomic mass is 35.5. The van der Waals surface area contributed by atoms with Gasteiger partial charge in [0.25, 0.3) is 5.91 Å². The molecule has 0 spiro atoms. The van der Waals surface area contributed by atoms with E-state index in [4.69, 9.17) is 16.9 Å². The molecule has 0 aliphatic heterocycles. The Balaban J connectivity index is 1.88. The summed E-state index contributed by atoms with van der Waals surface area (Å²) in [6.45, 7) is 5.06. The maximum Gasteiger partial charge on any atom is 0.251 e. The van der Waals surface area contributed by atoms with Gasteiger partial charge in [-0.2, -0.15) is 5.26 Å². The van der Waals surface area contributed by atoms with Crippen molar-refractivity contribution >= 4 is 23.2 Å². The van der Waals surface area contributed by atoms with Crippen LogP contribution in [0.15, 0.2) is 60.7 Å². The lowest BCUT2D eigenvalue weighted by Gasteiger charge is -2.27. The zero-order valence-corrected chi connectivity index (χ0v) is 16.0. The number of nitrogens with one attached hydrogen (secondary N) is 3. The van der Waals surface area contributed by atoms with Gasteiger partial charge in [0.05, 0.1) is 24.0 Å². The second kappa shape index (κ2) is 9.60. The van der Waals surface area contributed by atoms with E-state index in [1.165, 1.54) is 6.08 Å². The second-order valence-electron chi connectivity index (χ2n) is 6.76. The number of rotatable bonds is 8. The standard InChI is InChI=1S/C20H22ClN5O/c1-20(2,14-25-19(27)15-5-7-16(21)8-6-15)13-24-18(9-10-22)26-17-4-3-11-23-12-17/h3-9,11-12,24,26H,13-14H2,1-2H3,(H,25,27). The molecule has 3 N–H and O–H groups in total. The first-order chi connectivity index (χ1) is 12.9. The molecule has 0 aliphatic carbocycles. The maximum absolute atomic E-state index is 12.2. The Labute approximate surface area is 164 Å². The van der Waals surface area contributed by atoms with Crippen molar-refractivity contribution in [2.75, 3.05) is 18.4 Å². The van der Waals surface area contributed by atoms with Crippen LogP contribution in [0.4, 0.5) is 5.69 Å². The molecule has 1 aromatic heterocycles. The molecule has 0 atom stereocenters. The van der Waals surface area contributed by atoms with Gasteiger partial charge in [0, 0.05) is 29.9 Å². The predicted octanol–water partition coefficient (Wildman–Crippen LogP) is 3.56. The van der Waals surface area contributed by atoms with E-state index in [1.54, 1.807) is 36.7 Å². The van der Waals surface area contributed by atoms with Crippen molar-refractivity contribution in [3.63, 3.8) is 0 Å². The fourth-order valence-corrected chi connectivity index (χ4v) is 2.33. The van der Waals surface area contributed by atoms with E-state index in [1.807, 2.05) is 32.0 Å². The number of allylic oxidation sites excluding steroid dienone is 1. The van der Waals surface area contributed by atoms with Crippen LogP contribution in [0.2, 0.25) is 5.02 Å². The lowest BCUT2D eigenvalue weighted by atomic mass is 9.93. The minimum absolute atomic E-state index is 0.152. The third kappa shape index (κ3) is 7.00. The van der Waals surface area contributed by atoms with Crippen LogP contribution < -0.4 is 16.0 Å². The Bertz CT molecular complexity index is 826. The lowest BCUT2D eigenvalue weighted by Crippen LogP contribution is -2.40. The lowest BCUT2D eigenvalue weighted by molar-refractivity contribution is 0.0937. The Hall–Kier alpha value is -3.04. The molecule has 2 rings (SSSR count). The normalized spacial score (nSPS) is 11.4. The van der Waals surface area contributed by atoms with Gasteiger partial charge in [-0.25, -0.2) is 0 Å². The van der Waals surface area contributed by atoms with Crippen molar-refractivity contribution in [2.24, 2.45) is 5.41 Å². The van der Waals surface area contributed by atoms with Crippen molar-refractivity contribution in [3.8, 4) is 6.07 Å². The number of carbonyl (C=O) groups excluding carboxylic acids is 1. The minimum Gasteiger partial charge on any atom is -0.370 e. The van der Waals surface area contributed by atoms with E-state index in [-0.39, 0.29) is 11.3 Å². The molecular formula is C20H22ClN5O. The van der Waals surface area contributed by atoms with Crippen molar-refractivity contribution < 1.29 is 4.79 Å². The van der Waals surface area contributed by atoms with Crippen LogP contribution in [0.25, 0.3) is 0 Å². The van der Waals surface area contributed by atoms with Gasteiger partial charge in [-0.05, 0) is 41.8 Å². The Kier molecular flexibility index (Phi) is 7.21. The molecule has 1 amide bonds. The number of pyridine rings is 1. The van der Waals surface area contributed by atoms with Crippen LogP contribution in [0.3, 0.4) is 0 Å². The summed E-state index contributed by atoms with van der Waals surface area (Å²) in [4.78, 5) is 16.3. The van der Waals surface area contributed by atoms with Crippen LogP contribution in [-0.4, -0.2) is 24.0 Å². The van der Waals surface area contributed by atoms with E-state index in [0.717, 1.165) is 5.69 Å². The molecule has 1 aromatic carbocycles. The van der Waals surface area contributed by atoms with Crippen LogP contribution >= 0.6 is 11.6 Å². The molecule has 6 nitrogen and oxygen atoms in total. The summed E-state index contributed by atoms with van der Waals surface area (Å²) in [5.74, 6) is 0.420. The van der Waals surface area contributed by atoms with Gasteiger partial charge in [0.1, 0.15) is 5.82 Å². The van der Waals surface area contributed by atoms with Crippen LogP contribution in [-0.2, 0) is 0 Å². The van der Waals surface area contributed by atoms with Gasteiger partial charge in [0.15, 0.2) is 0 Å². The summed E-state index contributed by atoms with van der Waals surface area (Å²) in [7, 11) is 0. The summed E-state index contributed by atoms with van der Waals surface area (Å²) in [5, 5.41) is 18.8. The summed E-state index contributed by atoms with van der Waals surface area (Å²) in [6, 6.07) is 12.4. The molecule has 7 heteroatoms. The monoisotopic (exact) mass is 383 g/mol. The first-order valence-corrected chi connectivity index (χ1v) is 8.82. The number of nitrogens with zero attached hydrogens (tertiary/aromatic N) is 2. The number of aromatic nitrogens is 1. The van der Waals surface area contributed by atoms with E-state index in [2.05, 4.69) is 20.9 Å². The first-order valence-electron chi connectivity index (χ1n) is 8.44. The van der Waals surface area contributed by atoms with Gasteiger partial charge in [0.2, 0.25) is 0 Å². The molecule has 0 radical (unpaired) electrons. The molecule has 140 valence electrons. The molecular weight excluding hydrogens is 362 g/mol.